The molecule has 22 heavy (non-hydrogen) atoms. The molecule has 2 aromatic rings. The van der Waals surface area contributed by atoms with Gasteiger partial charge in [-0.05, 0) is 30.4 Å². The summed E-state index contributed by atoms with van der Waals surface area (Å²) in [6, 6.07) is 6.98. The molecule has 0 aliphatic rings. The molecule has 1 unspecified atom stereocenters. The van der Waals surface area contributed by atoms with Crippen LogP contribution in [0.3, 0.4) is 0 Å². The number of thiophene rings is 1. The van der Waals surface area contributed by atoms with Crippen molar-refractivity contribution >= 4 is 17.2 Å². The average molecular weight is 319 g/mol. The van der Waals surface area contributed by atoms with Crippen LogP contribution in [0, 0.1) is 5.92 Å². The van der Waals surface area contributed by atoms with Crippen LogP contribution < -0.4 is 10.9 Å². The van der Waals surface area contributed by atoms with Gasteiger partial charge in [-0.15, -0.1) is 11.3 Å². The number of aromatic nitrogens is 2. The van der Waals surface area contributed by atoms with Crippen LogP contribution in [-0.2, 0) is 4.79 Å². The maximum absolute atomic E-state index is 12.0. The van der Waals surface area contributed by atoms with Gasteiger partial charge in [0.1, 0.15) is 5.69 Å². The fourth-order valence-corrected chi connectivity index (χ4v) is 2.78. The third-order valence-corrected chi connectivity index (χ3v) is 4.10. The Labute approximate surface area is 134 Å². The van der Waals surface area contributed by atoms with Crippen LogP contribution in [0.25, 0.3) is 10.6 Å². The van der Waals surface area contributed by atoms with E-state index in [1.807, 2.05) is 38.3 Å². The Morgan fingerprint density at radius 2 is 2.09 bits per heavy atom. The normalized spacial score (nSPS) is 12.4. The van der Waals surface area contributed by atoms with E-state index < -0.39 is 0 Å². The lowest BCUT2D eigenvalue weighted by Gasteiger charge is -2.16. The van der Waals surface area contributed by atoms with Gasteiger partial charge in [-0.3, -0.25) is 9.59 Å². The number of hydrogen-bond acceptors (Lipinski definition) is 4. The van der Waals surface area contributed by atoms with Crippen LogP contribution >= 0.6 is 11.3 Å². The largest absolute Gasteiger partial charge is 0.354 e. The molecule has 0 fully saturated rings. The highest BCUT2D eigenvalue weighted by molar-refractivity contribution is 7.13. The highest BCUT2D eigenvalue weighted by atomic mass is 32.1. The molecule has 0 aliphatic carbocycles. The Hall–Kier alpha value is -1.95. The van der Waals surface area contributed by atoms with Crippen molar-refractivity contribution in [1.29, 1.82) is 0 Å². The monoisotopic (exact) mass is 319 g/mol. The smallest absolute Gasteiger partial charge is 0.267 e. The van der Waals surface area contributed by atoms with Gasteiger partial charge < -0.3 is 5.32 Å². The first-order valence-corrected chi connectivity index (χ1v) is 8.25. The summed E-state index contributed by atoms with van der Waals surface area (Å²) < 4.78 is 1.44. The fraction of sp³-hybridized carbons (Fsp3) is 0.438. The summed E-state index contributed by atoms with van der Waals surface area (Å²) in [4.78, 5) is 24.7. The molecule has 0 radical (unpaired) electrons. The minimum absolute atomic E-state index is 0.00399. The molecule has 1 amide bonds. The number of nitrogens with one attached hydrogen (secondary N) is 1. The third-order valence-electron chi connectivity index (χ3n) is 3.20. The second-order valence-electron chi connectivity index (χ2n) is 5.73. The summed E-state index contributed by atoms with van der Waals surface area (Å²) in [6.45, 7) is 6.27. The Morgan fingerprint density at radius 3 is 2.73 bits per heavy atom. The first kappa shape index (κ1) is 16.4. The summed E-state index contributed by atoms with van der Waals surface area (Å²) in [6.07, 6.45) is 0.490. The van der Waals surface area contributed by atoms with Gasteiger partial charge in [0.25, 0.3) is 5.56 Å². The molecule has 118 valence electrons. The van der Waals surface area contributed by atoms with Crippen LogP contribution in [0.2, 0.25) is 0 Å². The van der Waals surface area contributed by atoms with Gasteiger partial charge in [-0.1, -0.05) is 19.9 Å². The van der Waals surface area contributed by atoms with Gasteiger partial charge in [0.05, 0.1) is 10.9 Å². The predicted octanol–water partition coefficient (Wildman–Crippen LogP) is 2.70. The maximum Gasteiger partial charge on any atom is 0.267 e. The lowest BCUT2D eigenvalue weighted by atomic mass is 10.1. The number of hydrogen-bond donors (Lipinski definition) is 1. The Balaban J connectivity index is 2.09. The van der Waals surface area contributed by atoms with Gasteiger partial charge in [0.15, 0.2) is 0 Å². The summed E-state index contributed by atoms with van der Waals surface area (Å²) in [5.41, 5.74) is 0.612. The standard InChI is InChI=1S/C16H21N3O2S/c1-11(2)9-15(20)17-10-12(3)19-16(21)7-6-13(18-19)14-5-4-8-22-14/h4-8,11-12H,9-10H2,1-3H3,(H,17,20). The molecule has 1 N–H and O–H groups in total. The Kier molecular flexibility index (Phi) is 5.49. The van der Waals surface area contributed by atoms with Crippen LogP contribution in [0.4, 0.5) is 0 Å². The molecule has 2 heterocycles. The van der Waals surface area contributed by atoms with Crippen molar-refractivity contribution in [1.82, 2.24) is 15.1 Å². The molecule has 2 aromatic heterocycles. The van der Waals surface area contributed by atoms with E-state index in [2.05, 4.69) is 10.4 Å². The summed E-state index contributed by atoms with van der Waals surface area (Å²) in [5.74, 6) is 0.322. The number of nitrogens with zero attached hydrogens (tertiary/aromatic N) is 2. The van der Waals surface area contributed by atoms with Gasteiger partial charge in [0.2, 0.25) is 5.91 Å². The molecule has 0 spiro atoms. The summed E-state index contributed by atoms with van der Waals surface area (Å²) >= 11 is 1.58. The second kappa shape index (κ2) is 7.35. The zero-order valence-corrected chi connectivity index (χ0v) is 13.9. The van der Waals surface area contributed by atoms with Gasteiger partial charge in [0, 0.05) is 19.0 Å². The van der Waals surface area contributed by atoms with Crippen molar-refractivity contribution in [3.63, 3.8) is 0 Å². The van der Waals surface area contributed by atoms with Crippen molar-refractivity contribution in [2.24, 2.45) is 5.92 Å². The van der Waals surface area contributed by atoms with E-state index in [0.29, 0.717) is 18.9 Å². The zero-order valence-electron chi connectivity index (χ0n) is 13.1. The van der Waals surface area contributed by atoms with E-state index in [9.17, 15) is 9.59 Å². The number of rotatable bonds is 6. The first-order chi connectivity index (χ1) is 10.5. The zero-order chi connectivity index (χ0) is 16.1. The van der Waals surface area contributed by atoms with Crippen molar-refractivity contribution in [2.75, 3.05) is 6.54 Å². The van der Waals surface area contributed by atoms with Crippen LogP contribution in [0.5, 0.6) is 0 Å². The van der Waals surface area contributed by atoms with Crippen molar-refractivity contribution < 1.29 is 4.79 Å². The van der Waals surface area contributed by atoms with Gasteiger partial charge in [-0.25, -0.2) is 4.68 Å². The Morgan fingerprint density at radius 1 is 1.32 bits per heavy atom. The molecule has 6 heteroatoms. The molecular formula is C16H21N3O2S. The van der Waals surface area contributed by atoms with Gasteiger partial charge in [-0.2, -0.15) is 5.10 Å². The van der Waals surface area contributed by atoms with E-state index >= 15 is 0 Å². The SMILES string of the molecule is CC(C)CC(=O)NCC(C)n1nc(-c2cccs2)ccc1=O. The number of amides is 1. The fourth-order valence-electron chi connectivity index (χ4n) is 2.09. The maximum atomic E-state index is 12.0. The molecule has 2 rings (SSSR count). The number of carbonyl (C=O) groups is 1. The first-order valence-electron chi connectivity index (χ1n) is 7.38. The van der Waals surface area contributed by atoms with E-state index in [1.54, 1.807) is 17.4 Å². The van der Waals surface area contributed by atoms with Crippen molar-refractivity contribution in [3.8, 4) is 10.6 Å². The number of carbonyl (C=O) groups excluding carboxylic acids is 1. The van der Waals surface area contributed by atoms with Crippen molar-refractivity contribution in [2.45, 2.75) is 33.2 Å². The van der Waals surface area contributed by atoms with E-state index in [-0.39, 0.29) is 17.5 Å². The summed E-state index contributed by atoms with van der Waals surface area (Å²) in [5, 5.41) is 9.25. The molecular weight excluding hydrogens is 298 g/mol. The molecule has 0 bridgehead atoms. The molecule has 5 nitrogen and oxygen atoms in total. The topological polar surface area (TPSA) is 64.0 Å². The predicted molar refractivity (Wildman–Crippen MR) is 89.0 cm³/mol. The molecule has 0 aromatic carbocycles. The van der Waals surface area contributed by atoms with E-state index in [0.717, 1.165) is 10.6 Å². The minimum Gasteiger partial charge on any atom is -0.354 e. The van der Waals surface area contributed by atoms with Crippen LogP contribution in [0.15, 0.2) is 34.4 Å². The molecule has 1 atom stereocenters. The molecule has 0 saturated carbocycles. The molecule has 0 aliphatic heterocycles. The second-order valence-corrected chi connectivity index (χ2v) is 6.68. The highest BCUT2D eigenvalue weighted by Gasteiger charge is 2.12. The minimum atomic E-state index is -0.191. The van der Waals surface area contributed by atoms with Crippen LogP contribution in [0.1, 0.15) is 33.2 Å². The van der Waals surface area contributed by atoms with Gasteiger partial charge >= 0.3 is 0 Å². The lowest BCUT2D eigenvalue weighted by molar-refractivity contribution is -0.121. The lowest BCUT2D eigenvalue weighted by Crippen LogP contribution is -2.35. The highest BCUT2D eigenvalue weighted by Crippen LogP contribution is 2.21. The Bertz CT molecular complexity index is 677. The summed E-state index contributed by atoms with van der Waals surface area (Å²) in [7, 11) is 0. The molecule has 0 saturated heterocycles. The average Bonchev–Trinajstić information content (AvgIpc) is 2.98. The third kappa shape index (κ3) is 4.27. The van der Waals surface area contributed by atoms with Crippen LogP contribution in [-0.4, -0.2) is 22.2 Å². The quantitative estimate of drug-likeness (QED) is 0.890. The van der Waals surface area contributed by atoms with E-state index in [1.165, 1.54) is 10.7 Å². The van der Waals surface area contributed by atoms with Crippen molar-refractivity contribution in [3.05, 3.63) is 40.0 Å². The van der Waals surface area contributed by atoms with E-state index in [4.69, 9.17) is 0 Å².